The van der Waals surface area contributed by atoms with E-state index in [0.717, 1.165) is 51.3 Å². The molecule has 0 saturated carbocycles. The summed E-state index contributed by atoms with van der Waals surface area (Å²) in [5.74, 6) is 1.20. The molecule has 1 aromatic heterocycles. The molecule has 3 aliphatic heterocycles. The molecule has 0 radical (unpaired) electrons. The number of nitrogens with zero attached hydrogens (tertiary/aromatic N) is 5. The minimum absolute atomic E-state index is 0.0582. The van der Waals surface area contributed by atoms with Gasteiger partial charge in [0.1, 0.15) is 11.6 Å². The molecule has 6 rings (SSSR count). The second-order valence-corrected chi connectivity index (χ2v) is 12.4. The minimum Gasteiger partial charge on any atom is -0.352 e. The zero-order chi connectivity index (χ0) is 28.1. The summed E-state index contributed by atoms with van der Waals surface area (Å²) in [6, 6.07) is 8.91. The smallest absolute Gasteiger partial charge is 0.350 e. The molecular weight excluding hydrogens is 525 g/mol. The highest BCUT2D eigenvalue weighted by molar-refractivity contribution is 7.99. The second-order valence-electron chi connectivity index (χ2n) is 11.4. The van der Waals surface area contributed by atoms with Crippen LogP contribution in [-0.2, 0) is 11.3 Å². The van der Waals surface area contributed by atoms with E-state index in [4.69, 9.17) is 4.98 Å². The molecular formula is C31H36FN5O2S. The van der Waals surface area contributed by atoms with Gasteiger partial charge in [0.2, 0.25) is 5.91 Å². The molecule has 1 amide bonds. The van der Waals surface area contributed by atoms with E-state index in [0.29, 0.717) is 25.5 Å². The van der Waals surface area contributed by atoms with Gasteiger partial charge in [0.15, 0.2) is 0 Å². The number of hydrogen-bond donors (Lipinski definition) is 0. The van der Waals surface area contributed by atoms with Crippen LogP contribution in [0.3, 0.4) is 0 Å². The Morgan fingerprint density at radius 3 is 2.42 bits per heavy atom. The van der Waals surface area contributed by atoms with Gasteiger partial charge in [0, 0.05) is 59.4 Å². The Labute approximate surface area is 238 Å². The fraction of sp³-hybridized carbons (Fsp3) is 0.452. The summed E-state index contributed by atoms with van der Waals surface area (Å²) in [5, 5.41) is 0.954. The molecule has 4 heterocycles. The molecule has 3 atom stereocenters. The zero-order valence-corrected chi connectivity index (χ0v) is 24.2. The molecule has 0 bridgehead atoms. The first-order valence-electron chi connectivity index (χ1n) is 14.2. The number of aryl methyl sites for hydroxylation is 1. The first-order chi connectivity index (χ1) is 19.3. The molecule has 0 unspecified atom stereocenters. The minimum atomic E-state index is -0.268. The molecule has 0 spiro atoms. The molecule has 7 nitrogen and oxygen atoms in total. The number of benzene rings is 2. The second kappa shape index (κ2) is 10.7. The first-order valence-corrected chi connectivity index (χ1v) is 15.2. The zero-order valence-electron chi connectivity index (χ0n) is 23.4. The van der Waals surface area contributed by atoms with Crippen molar-refractivity contribution in [2.24, 2.45) is 0 Å². The summed E-state index contributed by atoms with van der Waals surface area (Å²) in [6.45, 7) is 13.7. The monoisotopic (exact) mass is 561 g/mol. The maximum Gasteiger partial charge on any atom is 0.350 e. The van der Waals surface area contributed by atoms with Crippen molar-refractivity contribution in [3.05, 3.63) is 64.9 Å². The summed E-state index contributed by atoms with van der Waals surface area (Å²) in [5.41, 5.74) is 3.73. The third-order valence-corrected chi connectivity index (χ3v) is 9.88. The van der Waals surface area contributed by atoms with Crippen molar-refractivity contribution in [2.45, 2.75) is 63.2 Å². The van der Waals surface area contributed by atoms with Gasteiger partial charge >= 0.3 is 5.69 Å². The van der Waals surface area contributed by atoms with E-state index in [2.05, 4.69) is 29.4 Å². The lowest BCUT2D eigenvalue weighted by atomic mass is 9.97. The van der Waals surface area contributed by atoms with Crippen molar-refractivity contribution in [2.75, 3.05) is 36.8 Å². The molecule has 2 fully saturated rings. The van der Waals surface area contributed by atoms with Crippen LogP contribution in [-0.4, -0.2) is 75.3 Å². The van der Waals surface area contributed by atoms with Crippen molar-refractivity contribution in [3.63, 3.8) is 0 Å². The van der Waals surface area contributed by atoms with Gasteiger partial charge in [-0.2, -0.15) is 4.98 Å². The van der Waals surface area contributed by atoms with Gasteiger partial charge in [-0.05, 0) is 82.1 Å². The fourth-order valence-corrected chi connectivity index (χ4v) is 8.31. The average molecular weight is 562 g/mol. The normalized spacial score (nSPS) is 23.4. The van der Waals surface area contributed by atoms with Crippen LogP contribution in [0.5, 0.6) is 0 Å². The fourth-order valence-electron chi connectivity index (χ4n) is 6.85. The molecule has 2 aromatic carbocycles. The standard InChI is InChI=1S/C31H36FN5O2S/c1-5-26(38)37-20(3)15-35(16-21(37)4)30-25-14-19(2)27(22-8-10-23(32)11-9-22)29-28(25)36(31(39)33-30)17-24(18-40-29)34-12-6-7-13-34/h5,8-11,14,20-21,24H,1,6-7,12-13,15-18H2,2-4H3/t20-,21+,24-/m1/s1. The Balaban J connectivity index is 1.53. The number of aromatic nitrogens is 2. The van der Waals surface area contributed by atoms with Crippen LogP contribution in [0.2, 0.25) is 0 Å². The van der Waals surface area contributed by atoms with Gasteiger partial charge < -0.3 is 9.80 Å². The highest BCUT2D eigenvalue weighted by Gasteiger charge is 2.35. The van der Waals surface area contributed by atoms with E-state index < -0.39 is 0 Å². The van der Waals surface area contributed by atoms with E-state index >= 15 is 0 Å². The SMILES string of the molecule is C=CC(=O)N1[C@H](C)CN(c2nc(=O)n3c4c(c(-c5ccc(F)cc5)c(C)cc24)SC[C@H](N2CCCC2)C3)C[C@@H]1C. The number of anilines is 1. The third-order valence-electron chi connectivity index (χ3n) is 8.65. The number of rotatable bonds is 4. The van der Waals surface area contributed by atoms with Gasteiger partial charge in [-0.3, -0.25) is 14.3 Å². The topological polar surface area (TPSA) is 61.7 Å². The molecule has 40 heavy (non-hydrogen) atoms. The lowest BCUT2D eigenvalue weighted by Gasteiger charge is -2.44. The van der Waals surface area contributed by atoms with E-state index in [-0.39, 0.29) is 35.5 Å². The molecule has 2 saturated heterocycles. The van der Waals surface area contributed by atoms with E-state index in [1.165, 1.54) is 31.1 Å². The van der Waals surface area contributed by atoms with E-state index in [1.54, 1.807) is 11.8 Å². The summed E-state index contributed by atoms with van der Waals surface area (Å²) in [7, 11) is 0. The number of halogens is 1. The van der Waals surface area contributed by atoms with Gasteiger partial charge in [-0.15, -0.1) is 11.8 Å². The molecule has 0 aliphatic carbocycles. The number of likely N-dealkylation sites (tertiary alicyclic amines) is 1. The number of carbonyl (C=O) groups is 1. The Bertz CT molecular complexity index is 1520. The molecule has 3 aromatic rings. The van der Waals surface area contributed by atoms with Crippen molar-refractivity contribution in [1.82, 2.24) is 19.4 Å². The van der Waals surface area contributed by atoms with Crippen LogP contribution < -0.4 is 10.6 Å². The number of amides is 1. The van der Waals surface area contributed by atoms with Crippen LogP contribution in [0.4, 0.5) is 10.2 Å². The third kappa shape index (κ3) is 4.63. The summed E-state index contributed by atoms with van der Waals surface area (Å²) < 4.78 is 15.8. The molecule has 0 N–H and O–H groups in total. The van der Waals surface area contributed by atoms with Crippen LogP contribution in [0.25, 0.3) is 22.0 Å². The van der Waals surface area contributed by atoms with Gasteiger partial charge in [-0.25, -0.2) is 9.18 Å². The Morgan fingerprint density at radius 2 is 1.77 bits per heavy atom. The number of carbonyl (C=O) groups excluding carboxylic acids is 1. The molecule has 210 valence electrons. The van der Waals surface area contributed by atoms with Crippen LogP contribution >= 0.6 is 11.8 Å². The van der Waals surface area contributed by atoms with Crippen molar-refractivity contribution in [3.8, 4) is 11.1 Å². The maximum absolute atomic E-state index is 13.9. The molecule has 3 aliphatic rings. The first kappa shape index (κ1) is 27.0. The lowest BCUT2D eigenvalue weighted by Crippen LogP contribution is -2.58. The van der Waals surface area contributed by atoms with Crippen LogP contribution in [0, 0.1) is 12.7 Å². The lowest BCUT2D eigenvalue weighted by molar-refractivity contribution is -0.130. The van der Waals surface area contributed by atoms with Crippen molar-refractivity contribution in [1.29, 1.82) is 0 Å². The number of piperazine rings is 1. The van der Waals surface area contributed by atoms with Crippen molar-refractivity contribution < 1.29 is 9.18 Å². The Morgan fingerprint density at radius 1 is 1.10 bits per heavy atom. The van der Waals surface area contributed by atoms with E-state index in [1.807, 2.05) is 35.4 Å². The highest BCUT2D eigenvalue weighted by atomic mass is 32.2. The van der Waals surface area contributed by atoms with Gasteiger partial charge in [0.25, 0.3) is 0 Å². The van der Waals surface area contributed by atoms with Gasteiger partial charge in [-0.1, -0.05) is 18.7 Å². The number of hydrogen-bond acceptors (Lipinski definition) is 6. The predicted octanol–water partition coefficient (Wildman–Crippen LogP) is 4.69. The summed E-state index contributed by atoms with van der Waals surface area (Å²) in [6.07, 6.45) is 3.74. The Hall–Kier alpha value is -3.17. The predicted molar refractivity (Wildman–Crippen MR) is 160 cm³/mol. The van der Waals surface area contributed by atoms with Crippen molar-refractivity contribution >= 4 is 34.4 Å². The Kier molecular flexibility index (Phi) is 7.21. The summed E-state index contributed by atoms with van der Waals surface area (Å²) >= 11 is 1.80. The molecule has 9 heteroatoms. The van der Waals surface area contributed by atoms with E-state index in [9.17, 15) is 14.0 Å². The maximum atomic E-state index is 13.9. The quantitative estimate of drug-likeness (QED) is 0.431. The van der Waals surface area contributed by atoms with Gasteiger partial charge in [0.05, 0.1) is 5.52 Å². The largest absolute Gasteiger partial charge is 0.352 e. The van der Waals surface area contributed by atoms with Crippen LogP contribution in [0.15, 0.2) is 52.7 Å². The highest BCUT2D eigenvalue weighted by Crippen LogP contribution is 2.44. The average Bonchev–Trinajstić information content (AvgIpc) is 3.39. The number of thioether (sulfide) groups is 1. The van der Waals surface area contributed by atoms with Crippen LogP contribution in [0.1, 0.15) is 32.3 Å². The summed E-state index contributed by atoms with van der Waals surface area (Å²) in [4.78, 5) is 38.7.